The highest BCUT2D eigenvalue weighted by Crippen LogP contribution is 2.31. The van der Waals surface area contributed by atoms with Crippen LogP contribution >= 0.6 is 11.8 Å². The van der Waals surface area contributed by atoms with Gasteiger partial charge in [-0.05, 0) is 48.4 Å². The van der Waals surface area contributed by atoms with Gasteiger partial charge in [-0.15, -0.1) is 10.2 Å². The molecule has 28 heavy (non-hydrogen) atoms. The summed E-state index contributed by atoms with van der Waals surface area (Å²) in [5.41, 5.74) is 3.37. The lowest BCUT2D eigenvalue weighted by atomic mass is 10.1. The summed E-state index contributed by atoms with van der Waals surface area (Å²) >= 11 is 1.54. The Labute approximate surface area is 165 Å². The van der Waals surface area contributed by atoms with Crippen LogP contribution in [-0.4, -0.2) is 25.8 Å². The van der Waals surface area contributed by atoms with Crippen LogP contribution in [-0.2, 0) is 5.75 Å². The van der Waals surface area contributed by atoms with Gasteiger partial charge in [0.2, 0.25) is 5.82 Å². The van der Waals surface area contributed by atoms with Gasteiger partial charge in [0.05, 0.1) is 17.5 Å². The molecule has 0 bridgehead atoms. The quantitative estimate of drug-likeness (QED) is 0.474. The van der Waals surface area contributed by atoms with Gasteiger partial charge in [0, 0.05) is 5.75 Å². The van der Waals surface area contributed by atoms with Crippen molar-refractivity contribution in [2.75, 3.05) is 0 Å². The first kappa shape index (κ1) is 18.1. The summed E-state index contributed by atoms with van der Waals surface area (Å²) in [5.74, 6) is 1.00. The average Bonchev–Trinajstić information content (AvgIpc) is 3.37. The number of thioether (sulfide) groups is 1. The lowest BCUT2D eigenvalue weighted by molar-refractivity contribution is 0.0697. The first-order valence-corrected chi connectivity index (χ1v) is 9.62. The van der Waals surface area contributed by atoms with Gasteiger partial charge in [0.15, 0.2) is 10.9 Å². The number of aromatic nitrogens is 3. The highest BCUT2D eigenvalue weighted by atomic mass is 32.2. The Balaban J connectivity index is 1.67. The standard InChI is InChI=1S/C21H17N3O3S/c1-14-5-2-3-6-17(14)24-19(18-7-4-12-27-18)22-23-21(24)28-13-15-8-10-16(11-9-15)20(25)26/h2-12H,13H2,1H3,(H,25,26). The van der Waals surface area contributed by atoms with Gasteiger partial charge in [-0.3, -0.25) is 4.57 Å². The van der Waals surface area contributed by atoms with Crippen LogP contribution in [0.5, 0.6) is 0 Å². The van der Waals surface area contributed by atoms with Gasteiger partial charge in [-0.1, -0.05) is 42.1 Å². The third kappa shape index (κ3) is 3.57. The zero-order valence-corrected chi connectivity index (χ0v) is 15.9. The minimum absolute atomic E-state index is 0.275. The van der Waals surface area contributed by atoms with Crippen molar-refractivity contribution in [1.82, 2.24) is 14.8 Å². The SMILES string of the molecule is Cc1ccccc1-n1c(SCc2ccc(C(=O)O)cc2)nnc1-c1ccco1. The van der Waals surface area contributed by atoms with Crippen LogP contribution in [0.3, 0.4) is 0 Å². The fourth-order valence-corrected chi connectivity index (χ4v) is 3.75. The number of carbonyl (C=O) groups is 1. The maximum Gasteiger partial charge on any atom is 0.335 e. The van der Waals surface area contributed by atoms with Crippen LogP contribution in [0, 0.1) is 6.92 Å². The number of hydrogen-bond donors (Lipinski definition) is 1. The summed E-state index contributed by atoms with van der Waals surface area (Å²) < 4.78 is 7.54. The number of nitrogens with zero attached hydrogens (tertiary/aromatic N) is 3. The molecule has 0 spiro atoms. The fraction of sp³-hybridized carbons (Fsp3) is 0.0952. The van der Waals surface area contributed by atoms with E-state index in [9.17, 15) is 4.79 Å². The summed E-state index contributed by atoms with van der Waals surface area (Å²) in [6.07, 6.45) is 1.61. The second-order valence-electron chi connectivity index (χ2n) is 6.20. The molecule has 0 fully saturated rings. The Hall–Kier alpha value is -3.32. The van der Waals surface area contributed by atoms with E-state index in [1.165, 1.54) is 11.8 Å². The molecule has 4 rings (SSSR count). The Kier molecular flexibility index (Phi) is 4.99. The van der Waals surface area contributed by atoms with Crippen molar-refractivity contribution >= 4 is 17.7 Å². The van der Waals surface area contributed by atoms with Crippen molar-refractivity contribution in [3.05, 3.63) is 83.6 Å². The van der Waals surface area contributed by atoms with Crippen LogP contribution in [0.25, 0.3) is 17.3 Å². The molecule has 6 nitrogen and oxygen atoms in total. The maximum absolute atomic E-state index is 11.0. The van der Waals surface area contributed by atoms with Crippen molar-refractivity contribution in [2.24, 2.45) is 0 Å². The molecule has 2 aromatic heterocycles. The van der Waals surface area contributed by atoms with E-state index >= 15 is 0 Å². The summed E-state index contributed by atoms with van der Waals surface area (Å²) in [6.45, 7) is 2.04. The van der Waals surface area contributed by atoms with Gasteiger partial charge in [-0.25, -0.2) is 4.79 Å². The van der Waals surface area contributed by atoms with Gasteiger partial charge in [0.25, 0.3) is 0 Å². The van der Waals surface area contributed by atoms with E-state index in [4.69, 9.17) is 9.52 Å². The largest absolute Gasteiger partial charge is 0.478 e. The molecule has 0 unspecified atom stereocenters. The third-order valence-electron chi connectivity index (χ3n) is 4.30. The first-order valence-electron chi connectivity index (χ1n) is 8.64. The Morgan fingerprint density at radius 3 is 2.54 bits per heavy atom. The molecule has 1 N–H and O–H groups in total. The van der Waals surface area contributed by atoms with Crippen LogP contribution in [0.15, 0.2) is 76.5 Å². The fourth-order valence-electron chi connectivity index (χ4n) is 2.85. The molecule has 0 aliphatic carbocycles. The zero-order valence-electron chi connectivity index (χ0n) is 15.1. The normalized spacial score (nSPS) is 10.9. The Bertz CT molecular complexity index is 1100. The van der Waals surface area contributed by atoms with Crippen LogP contribution < -0.4 is 0 Å². The monoisotopic (exact) mass is 391 g/mol. The summed E-state index contributed by atoms with van der Waals surface area (Å²) in [6, 6.07) is 18.6. The molecule has 0 saturated carbocycles. The van der Waals surface area contributed by atoms with Crippen molar-refractivity contribution in [3.8, 4) is 17.3 Å². The predicted molar refractivity (Wildman–Crippen MR) is 107 cm³/mol. The topological polar surface area (TPSA) is 81.2 Å². The lowest BCUT2D eigenvalue weighted by Gasteiger charge is -2.12. The average molecular weight is 391 g/mol. The van der Waals surface area contributed by atoms with Crippen LogP contribution in [0.1, 0.15) is 21.5 Å². The molecular weight excluding hydrogens is 374 g/mol. The van der Waals surface area contributed by atoms with Crippen molar-refractivity contribution in [2.45, 2.75) is 17.8 Å². The van der Waals surface area contributed by atoms with Crippen molar-refractivity contribution in [1.29, 1.82) is 0 Å². The number of furan rings is 1. The number of aryl methyl sites for hydroxylation is 1. The number of carboxylic acids is 1. The Morgan fingerprint density at radius 1 is 1.07 bits per heavy atom. The smallest absolute Gasteiger partial charge is 0.335 e. The second-order valence-corrected chi connectivity index (χ2v) is 7.14. The molecular formula is C21H17N3O3S. The summed E-state index contributed by atoms with van der Waals surface area (Å²) in [4.78, 5) is 11.0. The molecule has 140 valence electrons. The van der Waals surface area contributed by atoms with Crippen LogP contribution in [0.2, 0.25) is 0 Å². The number of para-hydroxylation sites is 1. The lowest BCUT2D eigenvalue weighted by Crippen LogP contribution is -2.01. The van der Waals surface area contributed by atoms with E-state index in [2.05, 4.69) is 10.2 Å². The minimum atomic E-state index is -0.929. The molecule has 4 aromatic rings. The molecule has 0 amide bonds. The van der Waals surface area contributed by atoms with Gasteiger partial charge >= 0.3 is 5.97 Å². The van der Waals surface area contributed by atoms with Crippen molar-refractivity contribution in [3.63, 3.8) is 0 Å². The molecule has 2 heterocycles. The van der Waals surface area contributed by atoms with Crippen LogP contribution in [0.4, 0.5) is 0 Å². The Morgan fingerprint density at radius 2 is 1.86 bits per heavy atom. The van der Waals surface area contributed by atoms with E-state index in [-0.39, 0.29) is 5.56 Å². The molecule has 0 saturated heterocycles. The second kappa shape index (κ2) is 7.74. The molecule has 7 heteroatoms. The maximum atomic E-state index is 11.0. The van der Waals surface area contributed by atoms with Gasteiger partial charge in [0.1, 0.15) is 0 Å². The van der Waals surface area contributed by atoms with E-state index < -0.39 is 5.97 Å². The molecule has 0 atom stereocenters. The number of rotatable bonds is 6. The third-order valence-corrected chi connectivity index (χ3v) is 5.30. The van der Waals surface area contributed by atoms with E-state index in [0.29, 0.717) is 17.3 Å². The summed E-state index contributed by atoms with van der Waals surface area (Å²) in [5, 5.41) is 18.5. The first-order chi connectivity index (χ1) is 13.6. The highest BCUT2D eigenvalue weighted by Gasteiger charge is 2.19. The minimum Gasteiger partial charge on any atom is -0.478 e. The number of carboxylic acid groups (broad SMARTS) is 1. The molecule has 2 aromatic carbocycles. The highest BCUT2D eigenvalue weighted by molar-refractivity contribution is 7.98. The zero-order chi connectivity index (χ0) is 19.5. The van der Waals surface area contributed by atoms with Crippen molar-refractivity contribution < 1.29 is 14.3 Å². The predicted octanol–water partition coefficient (Wildman–Crippen LogP) is 4.83. The van der Waals surface area contributed by atoms with E-state index in [1.807, 2.05) is 60.0 Å². The number of benzene rings is 2. The molecule has 0 aliphatic rings. The van der Waals surface area contributed by atoms with E-state index in [1.54, 1.807) is 18.4 Å². The molecule has 0 radical (unpaired) electrons. The number of aromatic carboxylic acids is 1. The summed E-state index contributed by atoms with van der Waals surface area (Å²) in [7, 11) is 0. The molecule has 0 aliphatic heterocycles. The number of hydrogen-bond acceptors (Lipinski definition) is 5. The van der Waals surface area contributed by atoms with Gasteiger partial charge < -0.3 is 9.52 Å². The van der Waals surface area contributed by atoms with E-state index in [0.717, 1.165) is 22.0 Å². The van der Waals surface area contributed by atoms with Gasteiger partial charge in [-0.2, -0.15) is 0 Å².